The van der Waals surface area contributed by atoms with Gasteiger partial charge < -0.3 is 20.6 Å². The lowest BCUT2D eigenvalue weighted by atomic mass is 10.1. The van der Waals surface area contributed by atoms with Gasteiger partial charge in [-0.3, -0.25) is 4.79 Å². The van der Waals surface area contributed by atoms with Crippen LogP contribution in [0.25, 0.3) is 0 Å². The Labute approximate surface area is 208 Å². The summed E-state index contributed by atoms with van der Waals surface area (Å²) in [7, 11) is 0. The minimum absolute atomic E-state index is 0.103. The number of nitrogen functional groups attached to an aromatic ring is 1. The van der Waals surface area contributed by atoms with Crippen LogP contribution in [-0.2, 0) is 11.4 Å². The van der Waals surface area contributed by atoms with E-state index < -0.39 is 0 Å². The molecule has 4 rings (SSSR count). The Morgan fingerprint density at radius 1 is 0.971 bits per heavy atom. The van der Waals surface area contributed by atoms with E-state index in [1.807, 2.05) is 81.4 Å². The SMILES string of the molecule is Cc1ccc(Oc2ccccc2NC(=O)CSc2nnc(COc3c(C)cccc3C)n2N)cc1. The Bertz CT molecular complexity index is 1300. The van der Waals surface area contributed by atoms with E-state index in [0.29, 0.717) is 28.2 Å². The highest BCUT2D eigenvalue weighted by molar-refractivity contribution is 7.99. The van der Waals surface area contributed by atoms with Gasteiger partial charge >= 0.3 is 0 Å². The molecule has 0 aliphatic rings. The Kier molecular flexibility index (Phi) is 7.57. The fourth-order valence-corrected chi connectivity index (χ4v) is 4.05. The first-order valence-electron chi connectivity index (χ1n) is 11.1. The largest absolute Gasteiger partial charge is 0.485 e. The molecule has 9 heteroatoms. The second-order valence-electron chi connectivity index (χ2n) is 8.03. The van der Waals surface area contributed by atoms with Crippen LogP contribution in [0.2, 0.25) is 0 Å². The molecule has 0 aliphatic heterocycles. The zero-order chi connectivity index (χ0) is 24.8. The van der Waals surface area contributed by atoms with Crippen LogP contribution in [0.3, 0.4) is 0 Å². The minimum atomic E-state index is -0.216. The maximum Gasteiger partial charge on any atom is 0.234 e. The van der Waals surface area contributed by atoms with E-state index >= 15 is 0 Å². The number of aryl methyl sites for hydroxylation is 3. The summed E-state index contributed by atoms with van der Waals surface area (Å²) in [4.78, 5) is 12.6. The van der Waals surface area contributed by atoms with E-state index in [-0.39, 0.29) is 18.3 Å². The number of nitrogens with two attached hydrogens (primary N) is 1. The number of ether oxygens (including phenoxy) is 2. The number of nitrogens with one attached hydrogen (secondary N) is 1. The molecule has 0 saturated heterocycles. The lowest BCUT2D eigenvalue weighted by Gasteiger charge is -2.12. The highest BCUT2D eigenvalue weighted by Gasteiger charge is 2.15. The van der Waals surface area contributed by atoms with Crippen LogP contribution >= 0.6 is 11.8 Å². The van der Waals surface area contributed by atoms with E-state index in [0.717, 1.165) is 22.4 Å². The van der Waals surface area contributed by atoms with Crippen LogP contribution in [0.4, 0.5) is 5.69 Å². The average Bonchev–Trinajstić information content (AvgIpc) is 3.19. The second-order valence-corrected chi connectivity index (χ2v) is 8.97. The van der Waals surface area contributed by atoms with Crippen molar-refractivity contribution in [1.29, 1.82) is 0 Å². The standard InChI is InChI=1S/C26H27N5O3S/c1-17-11-13-20(14-12-17)34-22-10-5-4-9-21(22)28-24(32)16-35-26-30-29-23(31(26)27)15-33-25-18(2)7-6-8-19(25)3/h4-14H,15-16,27H2,1-3H3,(H,28,32). The molecule has 0 radical (unpaired) electrons. The van der Waals surface area contributed by atoms with E-state index in [9.17, 15) is 4.79 Å². The van der Waals surface area contributed by atoms with Crippen molar-refractivity contribution in [3.63, 3.8) is 0 Å². The molecule has 3 N–H and O–H groups in total. The van der Waals surface area contributed by atoms with Gasteiger partial charge in [0, 0.05) is 0 Å². The Morgan fingerprint density at radius 2 is 1.69 bits per heavy atom. The maximum atomic E-state index is 12.6. The molecule has 0 atom stereocenters. The molecular weight excluding hydrogens is 462 g/mol. The predicted molar refractivity (Wildman–Crippen MR) is 137 cm³/mol. The van der Waals surface area contributed by atoms with Gasteiger partial charge in [0.15, 0.2) is 11.6 Å². The molecule has 3 aromatic carbocycles. The Morgan fingerprint density at radius 3 is 2.43 bits per heavy atom. The van der Waals surface area contributed by atoms with Gasteiger partial charge in [-0.1, -0.05) is 59.8 Å². The maximum absolute atomic E-state index is 12.6. The first-order chi connectivity index (χ1) is 16.9. The van der Waals surface area contributed by atoms with Gasteiger partial charge in [0.05, 0.1) is 11.4 Å². The third-order valence-corrected chi connectivity index (χ3v) is 6.17. The van der Waals surface area contributed by atoms with Gasteiger partial charge in [0.2, 0.25) is 11.1 Å². The highest BCUT2D eigenvalue weighted by Crippen LogP contribution is 2.30. The van der Waals surface area contributed by atoms with Crippen LogP contribution < -0.4 is 20.6 Å². The zero-order valence-corrected chi connectivity index (χ0v) is 20.6. The van der Waals surface area contributed by atoms with Crippen LogP contribution in [0.15, 0.2) is 71.9 Å². The van der Waals surface area contributed by atoms with Gasteiger partial charge in [0.1, 0.15) is 18.1 Å². The summed E-state index contributed by atoms with van der Waals surface area (Å²) < 4.78 is 13.2. The first-order valence-corrected chi connectivity index (χ1v) is 12.0. The molecule has 1 amide bonds. The van der Waals surface area contributed by atoms with E-state index in [1.54, 1.807) is 6.07 Å². The van der Waals surface area contributed by atoms with Gasteiger partial charge in [-0.15, -0.1) is 10.2 Å². The zero-order valence-electron chi connectivity index (χ0n) is 19.8. The summed E-state index contributed by atoms with van der Waals surface area (Å²) in [5, 5.41) is 11.5. The van der Waals surface area contributed by atoms with E-state index in [1.165, 1.54) is 16.4 Å². The monoisotopic (exact) mass is 489 g/mol. The number of aromatic nitrogens is 3. The Hall–Kier alpha value is -3.98. The van der Waals surface area contributed by atoms with Crippen molar-refractivity contribution in [1.82, 2.24) is 14.9 Å². The van der Waals surface area contributed by atoms with Gasteiger partial charge in [0.25, 0.3) is 0 Å². The fraction of sp³-hybridized carbons (Fsp3) is 0.192. The number of thioether (sulfide) groups is 1. The number of para-hydroxylation sites is 3. The molecule has 180 valence electrons. The number of amides is 1. The number of anilines is 1. The molecule has 0 saturated carbocycles. The van der Waals surface area contributed by atoms with Crippen LogP contribution in [0.5, 0.6) is 17.2 Å². The number of rotatable bonds is 9. The molecule has 1 heterocycles. The predicted octanol–water partition coefficient (Wildman–Crippen LogP) is 5.02. The number of carbonyl (C=O) groups is 1. The number of hydrogen-bond acceptors (Lipinski definition) is 7. The van der Waals surface area contributed by atoms with Crippen molar-refractivity contribution in [3.05, 3.63) is 89.2 Å². The summed E-state index contributed by atoms with van der Waals surface area (Å²) >= 11 is 1.19. The quantitative estimate of drug-likeness (QED) is 0.251. The molecule has 4 aromatic rings. The number of benzene rings is 3. The molecule has 35 heavy (non-hydrogen) atoms. The first kappa shape index (κ1) is 24.2. The van der Waals surface area contributed by atoms with Crippen molar-refractivity contribution in [3.8, 4) is 17.2 Å². The van der Waals surface area contributed by atoms with Crippen LogP contribution in [0, 0.1) is 20.8 Å². The third-order valence-electron chi connectivity index (χ3n) is 5.23. The fourth-order valence-electron chi connectivity index (χ4n) is 3.38. The molecule has 1 aromatic heterocycles. The van der Waals surface area contributed by atoms with E-state index in [2.05, 4.69) is 15.5 Å². The average molecular weight is 490 g/mol. The van der Waals surface area contributed by atoms with Crippen molar-refractivity contribution in [2.75, 3.05) is 16.9 Å². The molecule has 0 bridgehead atoms. The van der Waals surface area contributed by atoms with Gasteiger partial charge in [-0.25, -0.2) is 4.68 Å². The van der Waals surface area contributed by atoms with E-state index in [4.69, 9.17) is 15.3 Å². The smallest absolute Gasteiger partial charge is 0.234 e. The molecule has 8 nitrogen and oxygen atoms in total. The minimum Gasteiger partial charge on any atom is -0.485 e. The Balaban J connectivity index is 1.34. The number of hydrogen-bond donors (Lipinski definition) is 2. The summed E-state index contributed by atoms with van der Waals surface area (Å²) in [6.07, 6.45) is 0. The molecule has 0 aliphatic carbocycles. The van der Waals surface area contributed by atoms with Crippen molar-refractivity contribution in [2.24, 2.45) is 0 Å². The van der Waals surface area contributed by atoms with Crippen molar-refractivity contribution in [2.45, 2.75) is 32.5 Å². The summed E-state index contributed by atoms with van der Waals surface area (Å²) in [5.74, 6) is 8.55. The summed E-state index contributed by atoms with van der Waals surface area (Å²) in [5.41, 5.74) is 3.79. The second kappa shape index (κ2) is 11.0. The van der Waals surface area contributed by atoms with Crippen LogP contribution in [-0.4, -0.2) is 26.5 Å². The van der Waals surface area contributed by atoms with Crippen molar-refractivity contribution < 1.29 is 14.3 Å². The topological polar surface area (TPSA) is 104 Å². The van der Waals surface area contributed by atoms with Gasteiger partial charge in [-0.2, -0.15) is 0 Å². The number of carbonyl (C=O) groups excluding carboxylic acids is 1. The van der Waals surface area contributed by atoms with Crippen LogP contribution in [0.1, 0.15) is 22.5 Å². The summed E-state index contributed by atoms with van der Waals surface area (Å²) in [6.45, 7) is 6.16. The van der Waals surface area contributed by atoms with Gasteiger partial charge in [-0.05, 0) is 56.2 Å². The normalized spacial score (nSPS) is 10.7. The molecular formula is C26H27N5O3S. The van der Waals surface area contributed by atoms with Crippen molar-refractivity contribution >= 4 is 23.4 Å². The molecule has 0 fully saturated rings. The molecule has 0 spiro atoms. The lowest BCUT2D eigenvalue weighted by molar-refractivity contribution is -0.113. The number of nitrogens with zero attached hydrogens (tertiary/aromatic N) is 3. The lowest BCUT2D eigenvalue weighted by Crippen LogP contribution is -2.18. The molecule has 0 unspecified atom stereocenters. The highest BCUT2D eigenvalue weighted by atomic mass is 32.2. The third kappa shape index (κ3) is 6.13. The summed E-state index contributed by atoms with van der Waals surface area (Å²) in [6, 6.07) is 21.0.